The number of morpholine rings is 1. The molecule has 154 valence electrons. The number of benzene rings is 1. The maximum absolute atomic E-state index is 12.5. The third kappa shape index (κ3) is 5.92. The molecule has 0 radical (unpaired) electrons. The number of carbonyl (C=O) groups excluding carboxylic acids is 2. The summed E-state index contributed by atoms with van der Waals surface area (Å²) >= 11 is 0. The molecule has 0 bridgehead atoms. The Hall–Kier alpha value is -2.16. The third-order valence-electron chi connectivity index (χ3n) is 5.06. The lowest BCUT2D eigenvalue weighted by Crippen LogP contribution is -2.51. The number of likely N-dealkylation sites (tertiary alicyclic amines) is 1. The summed E-state index contributed by atoms with van der Waals surface area (Å²) in [5.41, 5.74) is 0.0804. The lowest BCUT2D eigenvalue weighted by molar-refractivity contribution is -0.0205. The number of anilines is 1. The molecule has 3 rings (SSSR count). The summed E-state index contributed by atoms with van der Waals surface area (Å²) in [6.45, 7) is 6.76. The van der Waals surface area contributed by atoms with Gasteiger partial charge in [0.1, 0.15) is 0 Å². The molecule has 2 aliphatic heterocycles. The van der Waals surface area contributed by atoms with Gasteiger partial charge in [0.05, 0.1) is 18.8 Å². The first-order valence-corrected chi connectivity index (χ1v) is 9.90. The Morgan fingerprint density at radius 2 is 1.89 bits per heavy atom. The molecule has 8 heteroatoms. The van der Waals surface area contributed by atoms with E-state index in [1.807, 2.05) is 4.90 Å². The van der Waals surface area contributed by atoms with Crippen molar-refractivity contribution in [3.8, 4) is 0 Å². The number of carbonyl (C=O) groups is 2. The number of nitrogens with zero attached hydrogens (tertiary/aromatic N) is 2. The number of nitrogens with one attached hydrogen (secondary N) is 2. The molecular weight excluding hydrogens is 360 g/mol. The van der Waals surface area contributed by atoms with Gasteiger partial charge in [0.25, 0.3) is 5.91 Å². The van der Waals surface area contributed by atoms with Crippen LogP contribution in [-0.4, -0.2) is 84.9 Å². The Kier molecular flexibility index (Phi) is 6.88. The molecule has 3 amide bonds. The van der Waals surface area contributed by atoms with Gasteiger partial charge < -0.3 is 25.4 Å². The fourth-order valence-electron chi connectivity index (χ4n) is 3.58. The Morgan fingerprint density at radius 1 is 1.18 bits per heavy atom. The fraction of sp³-hybridized carbons (Fsp3) is 0.600. The van der Waals surface area contributed by atoms with Crippen LogP contribution >= 0.6 is 0 Å². The van der Waals surface area contributed by atoms with Crippen LogP contribution < -0.4 is 10.6 Å². The number of aliphatic hydroxyl groups is 1. The van der Waals surface area contributed by atoms with Gasteiger partial charge in [-0.1, -0.05) is 6.07 Å². The molecule has 2 aliphatic rings. The van der Waals surface area contributed by atoms with E-state index in [0.717, 1.165) is 39.0 Å². The van der Waals surface area contributed by atoms with Gasteiger partial charge in [-0.05, 0) is 38.0 Å². The zero-order chi connectivity index (χ0) is 20.0. The summed E-state index contributed by atoms with van der Waals surface area (Å²) in [4.78, 5) is 28.7. The van der Waals surface area contributed by atoms with Crippen LogP contribution in [0.15, 0.2) is 24.3 Å². The van der Waals surface area contributed by atoms with Crippen LogP contribution in [-0.2, 0) is 4.74 Å². The molecule has 1 aromatic rings. The third-order valence-corrected chi connectivity index (χ3v) is 5.06. The zero-order valence-electron chi connectivity index (χ0n) is 16.4. The first-order valence-electron chi connectivity index (χ1n) is 9.90. The number of β-amino-alcohol motifs (C(OH)–C–C–N with tert-alkyl or cyclic N) is 1. The minimum Gasteiger partial charge on any atom is -0.387 e. The average Bonchev–Trinajstić information content (AvgIpc) is 3.21. The van der Waals surface area contributed by atoms with Gasteiger partial charge in [0.15, 0.2) is 0 Å². The highest BCUT2D eigenvalue weighted by Gasteiger charge is 2.26. The molecule has 0 spiro atoms. The lowest BCUT2D eigenvalue weighted by atomic mass is 10.1. The van der Waals surface area contributed by atoms with Gasteiger partial charge in [-0.25, -0.2) is 4.79 Å². The second-order valence-electron chi connectivity index (χ2n) is 7.77. The van der Waals surface area contributed by atoms with Gasteiger partial charge in [0, 0.05) is 50.5 Å². The standard InChI is InChI=1S/C20H30N4O4/c1-20(27,15-23-9-11-28-12-10-23)14-21-19(26)22-17-6-4-5-16(13-17)18(25)24-7-2-3-8-24/h4-6,13,27H,2-3,7-12,14-15H2,1H3,(H2,21,22,26)/t20-/m0/s1. The second-order valence-corrected chi connectivity index (χ2v) is 7.77. The highest BCUT2D eigenvalue weighted by atomic mass is 16.5. The molecule has 0 aromatic heterocycles. The van der Waals surface area contributed by atoms with Crippen LogP contribution in [0.3, 0.4) is 0 Å². The number of ether oxygens (including phenoxy) is 1. The van der Waals surface area contributed by atoms with E-state index in [2.05, 4.69) is 15.5 Å². The Bertz CT molecular complexity index is 683. The average molecular weight is 390 g/mol. The van der Waals surface area contributed by atoms with E-state index >= 15 is 0 Å². The zero-order valence-corrected chi connectivity index (χ0v) is 16.4. The molecule has 2 heterocycles. The first kappa shape index (κ1) is 20.6. The van der Waals surface area contributed by atoms with Crippen molar-refractivity contribution in [2.75, 3.05) is 57.8 Å². The summed E-state index contributed by atoms with van der Waals surface area (Å²) in [7, 11) is 0. The van der Waals surface area contributed by atoms with E-state index in [1.165, 1.54) is 0 Å². The monoisotopic (exact) mass is 390 g/mol. The molecule has 2 fully saturated rings. The minimum absolute atomic E-state index is 0.00463. The quantitative estimate of drug-likeness (QED) is 0.677. The van der Waals surface area contributed by atoms with E-state index in [-0.39, 0.29) is 12.5 Å². The van der Waals surface area contributed by atoms with Gasteiger partial charge in [-0.15, -0.1) is 0 Å². The van der Waals surface area contributed by atoms with Crippen LogP contribution in [0.25, 0.3) is 0 Å². The topological polar surface area (TPSA) is 94.1 Å². The summed E-state index contributed by atoms with van der Waals surface area (Å²) in [6.07, 6.45) is 2.08. The van der Waals surface area contributed by atoms with Crippen molar-refractivity contribution in [3.63, 3.8) is 0 Å². The molecule has 0 saturated carbocycles. The van der Waals surface area contributed by atoms with Crippen molar-refractivity contribution >= 4 is 17.6 Å². The van der Waals surface area contributed by atoms with Gasteiger partial charge in [-0.2, -0.15) is 0 Å². The number of urea groups is 1. The summed E-state index contributed by atoms with van der Waals surface area (Å²) in [6, 6.07) is 6.54. The molecule has 0 unspecified atom stereocenters. The summed E-state index contributed by atoms with van der Waals surface area (Å²) < 4.78 is 5.31. The molecular formula is C20H30N4O4. The maximum atomic E-state index is 12.5. The fourth-order valence-corrected chi connectivity index (χ4v) is 3.58. The van der Waals surface area contributed by atoms with E-state index in [9.17, 15) is 14.7 Å². The Morgan fingerprint density at radius 3 is 2.61 bits per heavy atom. The maximum Gasteiger partial charge on any atom is 0.319 e. The number of hydrogen-bond acceptors (Lipinski definition) is 5. The molecule has 2 saturated heterocycles. The smallest absolute Gasteiger partial charge is 0.319 e. The molecule has 3 N–H and O–H groups in total. The summed E-state index contributed by atoms with van der Waals surface area (Å²) in [5, 5.41) is 16.0. The van der Waals surface area contributed by atoms with Crippen molar-refractivity contribution < 1.29 is 19.4 Å². The number of hydrogen-bond donors (Lipinski definition) is 3. The van der Waals surface area contributed by atoms with Crippen molar-refractivity contribution in [2.45, 2.75) is 25.4 Å². The Balaban J connectivity index is 1.48. The van der Waals surface area contributed by atoms with Crippen molar-refractivity contribution in [3.05, 3.63) is 29.8 Å². The summed E-state index contributed by atoms with van der Waals surface area (Å²) in [5.74, 6) is -0.00463. The molecule has 0 aliphatic carbocycles. The predicted molar refractivity (Wildman–Crippen MR) is 106 cm³/mol. The first-order chi connectivity index (χ1) is 13.4. The molecule has 28 heavy (non-hydrogen) atoms. The van der Waals surface area contributed by atoms with Gasteiger partial charge in [-0.3, -0.25) is 9.69 Å². The minimum atomic E-state index is -1.04. The van der Waals surface area contributed by atoms with Crippen LogP contribution in [0.2, 0.25) is 0 Å². The van der Waals surface area contributed by atoms with Crippen molar-refractivity contribution in [1.29, 1.82) is 0 Å². The second kappa shape index (κ2) is 9.36. The highest BCUT2D eigenvalue weighted by molar-refractivity contribution is 5.97. The van der Waals surface area contributed by atoms with Crippen molar-refractivity contribution in [2.24, 2.45) is 0 Å². The van der Waals surface area contributed by atoms with E-state index < -0.39 is 11.6 Å². The number of amides is 3. The van der Waals surface area contributed by atoms with Crippen LogP contribution in [0.1, 0.15) is 30.1 Å². The van der Waals surface area contributed by atoms with Crippen LogP contribution in [0.5, 0.6) is 0 Å². The van der Waals surface area contributed by atoms with E-state index in [0.29, 0.717) is 31.0 Å². The van der Waals surface area contributed by atoms with Gasteiger partial charge in [0.2, 0.25) is 0 Å². The molecule has 1 aromatic carbocycles. The molecule has 8 nitrogen and oxygen atoms in total. The Labute approximate surface area is 165 Å². The lowest BCUT2D eigenvalue weighted by Gasteiger charge is -2.33. The van der Waals surface area contributed by atoms with Crippen LogP contribution in [0, 0.1) is 0 Å². The normalized spacial score (nSPS) is 19.9. The largest absolute Gasteiger partial charge is 0.387 e. The van der Waals surface area contributed by atoms with Gasteiger partial charge >= 0.3 is 6.03 Å². The molecule has 1 atom stereocenters. The van der Waals surface area contributed by atoms with E-state index in [4.69, 9.17) is 4.74 Å². The van der Waals surface area contributed by atoms with E-state index in [1.54, 1.807) is 31.2 Å². The van der Waals surface area contributed by atoms with Crippen LogP contribution in [0.4, 0.5) is 10.5 Å². The highest BCUT2D eigenvalue weighted by Crippen LogP contribution is 2.16. The predicted octanol–water partition coefficient (Wildman–Crippen LogP) is 1.13. The number of rotatable bonds is 6. The SMILES string of the molecule is C[C@](O)(CNC(=O)Nc1cccc(C(=O)N2CCCC2)c1)CN1CCOCC1. The van der Waals surface area contributed by atoms with Crippen molar-refractivity contribution in [1.82, 2.24) is 15.1 Å².